The molecule has 400 valence electrons. The van der Waals surface area contributed by atoms with Crippen LogP contribution in [0.5, 0.6) is 17.2 Å². The zero-order chi connectivity index (χ0) is 53.2. The van der Waals surface area contributed by atoms with Crippen molar-refractivity contribution >= 4 is 36.7 Å². The lowest BCUT2D eigenvalue weighted by atomic mass is 9.69. The molecule has 2 saturated heterocycles. The molecular weight excluding hydrogens is 969 g/mol. The smallest absolute Gasteiger partial charge is 0.339 e. The van der Waals surface area contributed by atoms with E-state index in [1.807, 2.05) is 0 Å². The number of aromatic hydroxyl groups is 3. The predicted molar refractivity (Wildman–Crippen MR) is 247 cm³/mol. The molecule has 0 aromatic heterocycles. The summed E-state index contributed by atoms with van der Waals surface area (Å²) < 4.78 is 33.0. The number of carbonyl (C=O) groups is 4. The molecule has 2 aliphatic heterocycles. The summed E-state index contributed by atoms with van der Waals surface area (Å²) in [6.07, 6.45) is -10.2. The molecule has 23 heteroatoms. The number of esters is 2. The number of hydrogen-bond donors (Lipinski definition) is 13. The van der Waals surface area contributed by atoms with Gasteiger partial charge in [0, 0.05) is 0 Å². The highest BCUT2D eigenvalue weighted by atomic mass is 16.7. The fourth-order valence-corrected chi connectivity index (χ4v) is 9.01. The van der Waals surface area contributed by atoms with Gasteiger partial charge in [-0.1, -0.05) is 18.2 Å². The molecule has 2 heterocycles. The lowest BCUT2D eigenvalue weighted by Gasteiger charge is -2.40. The molecule has 4 fully saturated rings. The van der Waals surface area contributed by atoms with Crippen molar-refractivity contribution in [2.24, 2.45) is 22.7 Å². The van der Waals surface area contributed by atoms with Gasteiger partial charge in [-0.25, -0.2) is 9.59 Å². The SMILES string of the molecule is O=CC1(C=COC2OC(CO)C(O)C(O)C2O)CCC(COC(=O)C(=Cc2ccc(O)cc2)C(=Cc2ccc(O)c(O)c2)C(=O)OCC2CCC(C=O)(C=COC3OC(CO)C(O)C(O)C3O)C(O)C2)CC1O. The summed E-state index contributed by atoms with van der Waals surface area (Å²) in [4.78, 5) is 53.4. The maximum absolute atomic E-state index is 14.3. The number of hydrogen-bond acceptors (Lipinski definition) is 23. The van der Waals surface area contributed by atoms with E-state index in [4.69, 9.17) is 28.4 Å². The third kappa shape index (κ3) is 13.3. The van der Waals surface area contributed by atoms with Gasteiger partial charge in [-0.3, -0.25) is 0 Å². The molecule has 0 spiro atoms. The number of aldehydes is 2. The van der Waals surface area contributed by atoms with E-state index in [2.05, 4.69) is 0 Å². The molecule has 4 aliphatic rings. The first kappa shape index (κ1) is 56.5. The molecule has 2 aliphatic carbocycles. The summed E-state index contributed by atoms with van der Waals surface area (Å²) in [6, 6.07) is 9.12. The predicted octanol–water partition coefficient (Wildman–Crippen LogP) is -1.29. The molecule has 73 heavy (non-hydrogen) atoms. The fourth-order valence-electron chi connectivity index (χ4n) is 9.01. The largest absolute Gasteiger partial charge is 0.508 e. The third-order valence-electron chi connectivity index (χ3n) is 13.8. The average Bonchev–Trinajstić information content (AvgIpc) is 3.38. The summed E-state index contributed by atoms with van der Waals surface area (Å²) in [5.41, 5.74) is -3.37. The van der Waals surface area contributed by atoms with Crippen LogP contribution < -0.4 is 0 Å². The normalized spacial score (nSPS) is 35.3. The molecule has 16 atom stereocenters. The van der Waals surface area contributed by atoms with Crippen molar-refractivity contribution in [2.75, 3.05) is 26.4 Å². The second-order valence-corrected chi connectivity index (χ2v) is 18.7. The van der Waals surface area contributed by atoms with Crippen LogP contribution in [0.1, 0.15) is 49.7 Å². The first-order chi connectivity index (χ1) is 34.8. The van der Waals surface area contributed by atoms with Crippen LogP contribution in [0.15, 0.2) is 78.3 Å². The number of ether oxygens (including phenoxy) is 6. The van der Waals surface area contributed by atoms with Crippen LogP contribution in [0, 0.1) is 22.7 Å². The molecule has 2 aromatic carbocycles. The molecule has 16 unspecified atom stereocenters. The monoisotopic (exact) mass is 1030 g/mol. The molecule has 2 aromatic rings. The molecule has 13 N–H and O–H groups in total. The van der Waals surface area contributed by atoms with Gasteiger partial charge >= 0.3 is 11.9 Å². The first-order valence-corrected chi connectivity index (χ1v) is 23.4. The lowest BCUT2D eigenvalue weighted by Crippen LogP contribution is -2.58. The first-order valence-electron chi connectivity index (χ1n) is 23.4. The van der Waals surface area contributed by atoms with Crippen molar-refractivity contribution in [2.45, 2.75) is 112 Å². The van der Waals surface area contributed by atoms with Crippen LogP contribution in [-0.4, -0.2) is 191 Å². The van der Waals surface area contributed by atoms with Crippen molar-refractivity contribution in [1.82, 2.24) is 0 Å². The van der Waals surface area contributed by atoms with Gasteiger partial charge in [-0.2, -0.15) is 0 Å². The highest BCUT2D eigenvalue weighted by molar-refractivity contribution is 6.12. The number of aliphatic hydroxyl groups is 10. The van der Waals surface area contributed by atoms with Gasteiger partial charge in [-0.05, 0) is 110 Å². The lowest BCUT2D eigenvalue weighted by molar-refractivity contribution is -0.288. The summed E-state index contributed by atoms with van der Waals surface area (Å²) >= 11 is 0. The van der Waals surface area contributed by atoms with Crippen molar-refractivity contribution in [3.05, 3.63) is 89.4 Å². The Morgan fingerprint density at radius 2 is 1.00 bits per heavy atom. The Labute approximate surface area is 417 Å². The Morgan fingerprint density at radius 1 is 0.575 bits per heavy atom. The van der Waals surface area contributed by atoms with E-state index in [1.165, 1.54) is 54.6 Å². The number of phenols is 3. The van der Waals surface area contributed by atoms with E-state index in [1.54, 1.807) is 0 Å². The standard InChI is InChI=1S/C50H62O23/c51-20-35-39(60)41(62)43(64)47(72-35)68-13-11-49(24-53)9-7-28(18-37(49)58)22-70-45(66)31(15-26-1-4-30(55)5-2-26)32(16-27-3-6-33(56)34(57)17-27)46(67)71-23-29-8-10-50(25-54,38(59)19-29)12-14-69-48-44(65)42(63)40(61)36(21-52)73-48/h1-6,11-17,24-25,28-29,35-44,47-48,51-52,55-65H,7-10,18-23H2. The summed E-state index contributed by atoms with van der Waals surface area (Å²) in [7, 11) is 0. The maximum atomic E-state index is 14.3. The van der Waals surface area contributed by atoms with Gasteiger partial charge in [0.1, 0.15) is 67.2 Å². The number of rotatable bonds is 19. The molecule has 0 amide bonds. The van der Waals surface area contributed by atoms with Gasteiger partial charge in [0.25, 0.3) is 0 Å². The van der Waals surface area contributed by atoms with E-state index in [9.17, 15) is 85.6 Å². The Morgan fingerprint density at radius 3 is 1.40 bits per heavy atom. The van der Waals surface area contributed by atoms with E-state index in [-0.39, 0.29) is 68.6 Å². The van der Waals surface area contributed by atoms with Crippen molar-refractivity contribution < 1.29 is 114 Å². The van der Waals surface area contributed by atoms with E-state index >= 15 is 0 Å². The summed E-state index contributed by atoms with van der Waals surface area (Å²) in [5, 5.41) is 133. The third-order valence-corrected chi connectivity index (χ3v) is 13.8. The van der Waals surface area contributed by atoms with Gasteiger partial charge in [0.15, 0.2) is 11.5 Å². The van der Waals surface area contributed by atoms with E-state index in [0.717, 1.165) is 24.7 Å². The van der Waals surface area contributed by atoms with Crippen LogP contribution in [0.3, 0.4) is 0 Å². The van der Waals surface area contributed by atoms with Crippen LogP contribution in [0.4, 0.5) is 0 Å². The van der Waals surface area contributed by atoms with Crippen LogP contribution in [0.2, 0.25) is 0 Å². The van der Waals surface area contributed by atoms with E-state index in [0.29, 0.717) is 18.1 Å². The molecule has 2 saturated carbocycles. The molecule has 0 radical (unpaired) electrons. The molecule has 6 rings (SSSR count). The second kappa shape index (κ2) is 25.0. The van der Waals surface area contributed by atoms with Crippen molar-refractivity contribution in [3.63, 3.8) is 0 Å². The average molecular weight is 1030 g/mol. The second-order valence-electron chi connectivity index (χ2n) is 18.7. The number of aliphatic hydroxyl groups excluding tert-OH is 10. The van der Waals surface area contributed by atoms with Crippen LogP contribution >= 0.6 is 0 Å². The zero-order valence-corrected chi connectivity index (χ0v) is 39.2. The highest BCUT2D eigenvalue weighted by Gasteiger charge is 2.47. The summed E-state index contributed by atoms with van der Waals surface area (Å²) in [5.74, 6) is -4.39. The van der Waals surface area contributed by atoms with Gasteiger partial charge in [0.2, 0.25) is 12.6 Å². The number of phenolic OH excluding ortho intramolecular Hbond substituents is 3. The Hall–Kier alpha value is -5.80. The zero-order valence-electron chi connectivity index (χ0n) is 39.2. The highest BCUT2D eigenvalue weighted by Crippen LogP contribution is 2.41. The van der Waals surface area contributed by atoms with E-state index < -0.39 is 139 Å². The molecule has 23 nitrogen and oxygen atoms in total. The number of benzene rings is 2. The Kier molecular flexibility index (Phi) is 19.3. The Bertz CT molecular complexity index is 2330. The van der Waals surface area contributed by atoms with Gasteiger partial charge in [-0.15, -0.1) is 0 Å². The quantitative estimate of drug-likeness (QED) is 0.0194. The van der Waals surface area contributed by atoms with Crippen LogP contribution in [0.25, 0.3) is 12.2 Å². The minimum absolute atomic E-state index is 0.0122. The molecular formula is C50H62O23. The fraction of sp³-hybridized carbons (Fsp3) is 0.520. The number of carbonyl (C=O) groups excluding carboxylic acids is 4. The van der Waals surface area contributed by atoms with Gasteiger partial charge in [0.05, 0.1) is 73.1 Å². The maximum Gasteiger partial charge on any atom is 0.339 e. The minimum atomic E-state index is -1.73. The Balaban J connectivity index is 1.16. The van der Waals surface area contributed by atoms with Crippen molar-refractivity contribution in [1.29, 1.82) is 0 Å². The summed E-state index contributed by atoms with van der Waals surface area (Å²) in [6.45, 7) is -2.06. The van der Waals surface area contributed by atoms with Gasteiger partial charge < -0.3 is 104 Å². The molecule has 0 bridgehead atoms. The minimum Gasteiger partial charge on any atom is -0.508 e. The van der Waals surface area contributed by atoms with Crippen molar-refractivity contribution in [3.8, 4) is 17.2 Å². The topological polar surface area (TPSA) is 387 Å². The van der Waals surface area contributed by atoms with Crippen LogP contribution in [-0.2, 0) is 47.6 Å².